The van der Waals surface area contributed by atoms with Crippen LogP contribution in [0.2, 0.25) is 0 Å². The lowest BCUT2D eigenvalue weighted by molar-refractivity contribution is -0.107. The molecule has 0 aliphatic heterocycles. The zero-order chi connectivity index (χ0) is 10.1. The van der Waals surface area contributed by atoms with Crippen LogP contribution in [0.5, 0.6) is 0 Å². The van der Waals surface area contributed by atoms with Crippen molar-refractivity contribution in [3.8, 4) is 0 Å². The van der Waals surface area contributed by atoms with E-state index in [1.54, 1.807) is 0 Å². The van der Waals surface area contributed by atoms with E-state index in [2.05, 4.69) is 26.8 Å². The molecule has 0 aromatic heterocycles. The largest absolute Gasteiger partial charge is 0.303 e. The SMILES string of the molecule is CC(C)=CCC[C@H](C)CCCC=O. The van der Waals surface area contributed by atoms with E-state index in [1.807, 2.05) is 0 Å². The summed E-state index contributed by atoms with van der Waals surface area (Å²) >= 11 is 0. The molecular weight excluding hydrogens is 160 g/mol. The Morgan fingerprint density at radius 2 is 1.92 bits per heavy atom. The fourth-order valence-electron chi connectivity index (χ4n) is 1.35. The van der Waals surface area contributed by atoms with Gasteiger partial charge >= 0.3 is 0 Å². The second-order valence-corrected chi connectivity index (χ2v) is 4.06. The molecule has 0 aliphatic rings. The zero-order valence-corrected chi connectivity index (χ0v) is 9.18. The van der Waals surface area contributed by atoms with Crippen molar-refractivity contribution in [2.24, 2.45) is 5.92 Å². The Labute approximate surface area is 82.2 Å². The van der Waals surface area contributed by atoms with Crippen molar-refractivity contribution in [2.75, 3.05) is 0 Å². The van der Waals surface area contributed by atoms with Crippen LogP contribution in [-0.2, 0) is 4.79 Å². The first kappa shape index (κ1) is 12.4. The molecule has 0 radical (unpaired) electrons. The van der Waals surface area contributed by atoms with Gasteiger partial charge in [-0.3, -0.25) is 0 Å². The van der Waals surface area contributed by atoms with Gasteiger partial charge in [0.25, 0.3) is 0 Å². The third-order valence-electron chi connectivity index (χ3n) is 2.23. The molecule has 0 heterocycles. The highest BCUT2D eigenvalue weighted by Gasteiger charge is 1.99. The fraction of sp³-hybridized carbons (Fsp3) is 0.750. The summed E-state index contributed by atoms with van der Waals surface area (Å²) in [7, 11) is 0. The molecule has 13 heavy (non-hydrogen) atoms. The predicted molar refractivity (Wildman–Crippen MR) is 57.7 cm³/mol. The topological polar surface area (TPSA) is 17.1 Å². The van der Waals surface area contributed by atoms with E-state index < -0.39 is 0 Å². The maximum Gasteiger partial charge on any atom is 0.119 e. The Morgan fingerprint density at radius 3 is 2.46 bits per heavy atom. The maximum atomic E-state index is 10.1. The van der Waals surface area contributed by atoms with Gasteiger partial charge in [-0.15, -0.1) is 0 Å². The molecule has 0 bridgehead atoms. The van der Waals surface area contributed by atoms with Crippen LogP contribution in [0.3, 0.4) is 0 Å². The highest BCUT2D eigenvalue weighted by Crippen LogP contribution is 2.14. The van der Waals surface area contributed by atoms with Gasteiger partial charge in [-0.1, -0.05) is 25.0 Å². The second kappa shape index (κ2) is 8.03. The molecule has 0 rings (SSSR count). The van der Waals surface area contributed by atoms with E-state index >= 15 is 0 Å². The van der Waals surface area contributed by atoms with Gasteiger partial charge in [0.2, 0.25) is 0 Å². The number of hydrogen-bond acceptors (Lipinski definition) is 1. The van der Waals surface area contributed by atoms with Crippen molar-refractivity contribution in [3.05, 3.63) is 11.6 Å². The maximum absolute atomic E-state index is 10.1. The molecule has 0 aromatic rings. The van der Waals surface area contributed by atoms with Crippen molar-refractivity contribution < 1.29 is 4.79 Å². The Morgan fingerprint density at radius 1 is 1.23 bits per heavy atom. The predicted octanol–water partition coefficient (Wildman–Crippen LogP) is 3.74. The minimum absolute atomic E-state index is 0.729. The van der Waals surface area contributed by atoms with E-state index in [4.69, 9.17) is 0 Å². The Hall–Kier alpha value is -0.590. The Balaban J connectivity index is 3.34. The van der Waals surface area contributed by atoms with Gasteiger partial charge in [0, 0.05) is 6.42 Å². The molecule has 0 aromatic carbocycles. The lowest BCUT2D eigenvalue weighted by Crippen LogP contribution is -1.94. The number of carbonyl (C=O) groups is 1. The molecule has 1 atom stereocenters. The van der Waals surface area contributed by atoms with E-state index in [-0.39, 0.29) is 0 Å². The first-order chi connectivity index (χ1) is 6.16. The average molecular weight is 182 g/mol. The quantitative estimate of drug-likeness (QED) is 0.333. The third-order valence-corrected chi connectivity index (χ3v) is 2.23. The fourth-order valence-corrected chi connectivity index (χ4v) is 1.35. The van der Waals surface area contributed by atoms with Gasteiger partial charge in [-0.05, 0) is 39.0 Å². The molecule has 76 valence electrons. The van der Waals surface area contributed by atoms with Crippen molar-refractivity contribution in [1.82, 2.24) is 0 Å². The lowest BCUT2D eigenvalue weighted by atomic mass is 9.98. The van der Waals surface area contributed by atoms with Gasteiger partial charge in [0.1, 0.15) is 6.29 Å². The highest BCUT2D eigenvalue weighted by atomic mass is 16.1. The molecular formula is C12H22O. The van der Waals surface area contributed by atoms with Gasteiger partial charge in [0.05, 0.1) is 0 Å². The summed E-state index contributed by atoms with van der Waals surface area (Å²) in [6, 6.07) is 0. The summed E-state index contributed by atoms with van der Waals surface area (Å²) in [6.45, 7) is 6.54. The molecule has 0 aliphatic carbocycles. The normalized spacial score (nSPS) is 12.2. The van der Waals surface area contributed by atoms with E-state index in [0.29, 0.717) is 0 Å². The summed E-state index contributed by atoms with van der Waals surface area (Å²) in [5.41, 5.74) is 1.40. The van der Waals surface area contributed by atoms with Gasteiger partial charge in [-0.2, -0.15) is 0 Å². The van der Waals surface area contributed by atoms with Crippen LogP contribution in [0.15, 0.2) is 11.6 Å². The van der Waals surface area contributed by atoms with Crippen molar-refractivity contribution in [1.29, 1.82) is 0 Å². The van der Waals surface area contributed by atoms with Gasteiger partial charge in [-0.25, -0.2) is 0 Å². The highest BCUT2D eigenvalue weighted by molar-refractivity contribution is 5.48. The van der Waals surface area contributed by atoms with Gasteiger partial charge in [0.15, 0.2) is 0 Å². The molecule has 1 heteroatoms. The van der Waals surface area contributed by atoms with E-state index in [0.717, 1.165) is 25.0 Å². The minimum Gasteiger partial charge on any atom is -0.303 e. The van der Waals surface area contributed by atoms with Crippen LogP contribution in [-0.4, -0.2) is 6.29 Å². The zero-order valence-electron chi connectivity index (χ0n) is 9.18. The average Bonchev–Trinajstić information content (AvgIpc) is 2.04. The van der Waals surface area contributed by atoms with Crippen LogP contribution in [0.4, 0.5) is 0 Å². The number of aldehydes is 1. The van der Waals surface area contributed by atoms with E-state index in [9.17, 15) is 4.79 Å². The summed E-state index contributed by atoms with van der Waals surface area (Å²) in [6.07, 6.45) is 8.72. The molecule has 0 N–H and O–H groups in total. The monoisotopic (exact) mass is 182 g/mol. The number of allylic oxidation sites excluding steroid dienone is 2. The number of hydrogen-bond donors (Lipinski definition) is 0. The standard InChI is InChI=1S/C12H22O/c1-11(2)7-6-9-12(3)8-4-5-10-13/h7,10,12H,4-6,8-9H2,1-3H3/t12-/m1/s1. The summed E-state index contributed by atoms with van der Waals surface area (Å²) in [5.74, 6) is 0.760. The second-order valence-electron chi connectivity index (χ2n) is 4.06. The summed E-state index contributed by atoms with van der Waals surface area (Å²) in [5, 5.41) is 0. The molecule has 0 saturated heterocycles. The van der Waals surface area contributed by atoms with E-state index in [1.165, 1.54) is 24.8 Å². The third kappa shape index (κ3) is 9.32. The van der Waals surface area contributed by atoms with Gasteiger partial charge < -0.3 is 4.79 Å². The number of carbonyl (C=O) groups excluding carboxylic acids is 1. The molecule has 0 amide bonds. The number of unbranched alkanes of at least 4 members (excludes halogenated alkanes) is 1. The van der Waals surface area contributed by atoms with Crippen LogP contribution < -0.4 is 0 Å². The van der Waals surface area contributed by atoms with Crippen LogP contribution in [0.1, 0.15) is 52.9 Å². The van der Waals surface area contributed by atoms with Crippen molar-refractivity contribution in [3.63, 3.8) is 0 Å². The molecule has 0 unspecified atom stereocenters. The van der Waals surface area contributed by atoms with Crippen LogP contribution in [0, 0.1) is 5.92 Å². The van der Waals surface area contributed by atoms with Crippen LogP contribution >= 0.6 is 0 Å². The van der Waals surface area contributed by atoms with Crippen LogP contribution in [0.25, 0.3) is 0 Å². The summed E-state index contributed by atoms with van der Waals surface area (Å²) in [4.78, 5) is 10.1. The molecule has 0 fully saturated rings. The minimum atomic E-state index is 0.729. The van der Waals surface area contributed by atoms with Crippen molar-refractivity contribution in [2.45, 2.75) is 52.9 Å². The molecule has 0 spiro atoms. The lowest BCUT2D eigenvalue weighted by Gasteiger charge is -2.07. The first-order valence-electron chi connectivity index (χ1n) is 5.23. The first-order valence-corrected chi connectivity index (χ1v) is 5.23. The number of rotatable bonds is 7. The Kier molecular flexibility index (Phi) is 7.66. The summed E-state index contributed by atoms with van der Waals surface area (Å²) < 4.78 is 0. The smallest absolute Gasteiger partial charge is 0.119 e. The van der Waals surface area contributed by atoms with Crippen molar-refractivity contribution >= 4 is 6.29 Å². The molecule has 0 saturated carbocycles. The molecule has 1 nitrogen and oxygen atoms in total. The Bertz CT molecular complexity index is 155.